The largest absolute Gasteiger partial charge is 0.469 e. The number of anilines is 2. The summed E-state index contributed by atoms with van der Waals surface area (Å²) >= 11 is 0. The Morgan fingerprint density at radius 3 is 2.56 bits per heavy atom. The number of esters is 2. The minimum Gasteiger partial charge on any atom is -0.469 e. The third kappa shape index (κ3) is 4.71. The summed E-state index contributed by atoms with van der Waals surface area (Å²) in [6.45, 7) is 4.32. The van der Waals surface area contributed by atoms with E-state index in [1.54, 1.807) is 4.90 Å². The van der Waals surface area contributed by atoms with Crippen LogP contribution in [-0.2, 0) is 23.9 Å². The summed E-state index contributed by atoms with van der Waals surface area (Å²) < 4.78 is 9.58. The normalized spacial score (nSPS) is 15.2. The van der Waals surface area contributed by atoms with Gasteiger partial charge in [0, 0.05) is 6.54 Å². The van der Waals surface area contributed by atoms with Crippen molar-refractivity contribution in [2.75, 3.05) is 30.5 Å². The second-order valence-corrected chi connectivity index (χ2v) is 6.37. The lowest BCUT2D eigenvalue weighted by Gasteiger charge is -2.40. The first-order valence-electron chi connectivity index (χ1n) is 8.27. The van der Waals surface area contributed by atoms with Gasteiger partial charge in [0.2, 0.25) is 0 Å². The fourth-order valence-electron chi connectivity index (χ4n) is 2.66. The molecule has 0 radical (unpaired) electrons. The number of rotatable bonds is 7. The van der Waals surface area contributed by atoms with Crippen molar-refractivity contribution in [3.8, 4) is 0 Å². The van der Waals surface area contributed by atoms with Crippen LogP contribution in [0.2, 0.25) is 0 Å². The Morgan fingerprint density at radius 1 is 1.16 bits per heavy atom. The molecule has 0 saturated carbocycles. The number of nitrogens with one attached hydrogen (secondary N) is 1. The van der Waals surface area contributed by atoms with Crippen LogP contribution in [0.3, 0.4) is 0 Å². The van der Waals surface area contributed by atoms with Crippen LogP contribution in [0.25, 0.3) is 0 Å². The molecule has 1 amide bonds. The fourth-order valence-corrected chi connectivity index (χ4v) is 2.66. The predicted octanol–water partition coefficient (Wildman–Crippen LogP) is 2.11. The SMILES string of the molecule is COC(=O)CCC(=O)OCCCN1C(=O)C(C)(C)Nc2ccccc21. The van der Waals surface area contributed by atoms with Crippen molar-refractivity contribution in [2.24, 2.45) is 0 Å². The van der Waals surface area contributed by atoms with Gasteiger partial charge in [-0.25, -0.2) is 0 Å². The van der Waals surface area contributed by atoms with Crippen LogP contribution < -0.4 is 10.2 Å². The average molecular weight is 348 g/mol. The molecule has 25 heavy (non-hydrogen) atoms. The van der Waals surface area contributed by atoms with E-state index in [1.807, 2.05) is 38.1 Å². The molecule has 0 unspecified atom stereocenters. The summed E-state index contributed by atoms with van der Waals surface area (Å²) in [6.07, 6.45) is 0.516. The average Bonchev–Trinajstić information content (AvgIpc) is 2.59. The highest BCUT2D eigenvalue weighted by Crippen LogP contribution is 2.34. The van der Waals surface area contributed by atoms with E-state index in [2.05, 4.69) is 10.1 Å². The Kier molecular flexibility index (Phi) is 6.01. The molecule has 1 aliphatic heterocycles. The van der Waals surface area contributed by atoms with Crippen LogP contribution in [-0.4, -0.2) is 43.6 Å². The van der Waals surface area contributed by atoms with Crippen LogP contribution in [0.4, 0.5) is 11.4 Å². The zero-order chi connectivity index (χ0) is 18.4. The Hall–Kier alpha value is -2.57. The minimum absolute atomic E-state index is 0.00486. The number of ether oxygens (including phenoxy) is 2. The summed E-state index contributed by atoms with van der Waals surface area (Å²) in [4.78, 5) is 36.9. The number of hydrogen-bond acceptors (Lipinski definition) is 6. The van der Waals surface area contributed by atoms with Gasteiger partial charge in [-0.2, -0.15) is 0 Å². The van der Waals surface area contributed by atoms with E-state index in [0.717, 1.165) is 11.4 Å². The summed E-state index contributed by atoms with van der Waals surface area (Å²) in [5.41, 5.74) is 1.04. The molecule has 2 rings (SSSR count). The van der Waals surface area contributed by atoms with E-state index in [4.69, 9.17) is 4.74 Å². The van der Waals surface area contributed by atoms with Crippen molar-refractivity contribution in [1.29, 1.82) is 0 Å². The molecule has 0 saturated heterocycles. The van der Waals surface area contributed by atoms with E-state index in [1.165, 1.54) is 7.11 Å². The number of carbonyl (C=O) groups is 3. The van der Waals surface area contributed by atoms with E-state index >= 15 is 0 Å². The topological polar surface area (TPSA) is 84.9 Å². The Balaban J connectivity index is 1.87. The maximum absolute atomic E-state index is 12.7. The van der Waals surface area contributed by atoms with Crippen molar-refractivity contribution in [3.63, 3.8) is 0 Å². The molecule has 0 bridgehead atoms. The molecule has 0 aromatic heterocycles. The van der Waals surface area contributed by atoms with Gasteiger partial charge in [0.15, 0.2) is 0 Å². The summed E-state index contributed by atoms with van der Waals surface area (Å²) in [5.74, 6) is -0.914. The molecule has 0 spiro atoms. The molecule has 136 valence electrons. The number of amides is 1. The molecular weight excluding hydrogens is 324 g/mol. The first-order valence-corrected chi connectivity index (χ1v) is 8.27. The van der Waals surface area contributed by atoms with Crippen LogP contribution >= 0.6 is 0 Å². The van der Waals surface area contributed by atoms with Gasteiger partial charge >= 0.3 is 11.9 Å². The maximum atomic E-state index is 12.7. The highest BCUT2D eigenvalue weighted by atomic mass is 16.5. The molecule has 1 aliphatic rings. The van der Waals surface area contributed by atoms with Gasteiger partial charge in [-0.3, -0.25) is 14.4 Å². The number of nitrogens with zero attached hydrogens (tertiary/aromatic N) is 1. The molecule has 7 nitrogen and oxygen atoms in total. The van der Waals surface area contributed by atoms with E-state index in [-0.39, 0.29) is 25.4 Å². The quantitative estimate of drug-likeness (QED) is 0.600. The first kappa shape index (κ1) is 18.8. The van der Waals surface area contributed by atoms with E-state index < -0.39 is 17.5 Å². The second kappa shape index (κ2) is 8.00. The molecule has 1 aromatic carbocycles. The molecule has 0 atom stereocenters. The van der Waals surface area contributed by atoms with Crippen LogP contribution in [0.15, 0.2) is 24.3 Å². The summed E-state index contributed by atoms with van der Waals surface area (Å²) in [5, 5.41) is 3.24. The van der Waals surface area contributed by atoms with Gasteiger partial charge < -0.3 is 19.7 Å². The van der Waals surface area contributed by atoms with Crippen molar-refractivity contribution in [2.45, 2.75) is 38.6 Å². The third-order valence-corrected chi connectivity index (χ3v) is 3.97. The molecule has 0 aliphatic carbocycles. The maximum Gasteiger partial charge on any atom is 0.306 e. The third-order valence-electron chi connectivity index (χ3n) is 3.97. The van der Waals surface area contributed by atoms with Gasteiger partial charge in [0.05, 0.1) is 37.9 Å². The lowest BCUT2D eigenvalue weighted by atomic mass is 9.98. The predicted molar refractivity (Wildman–Crippen MR) is 93.3 cm³/mol. The lowest BCUT2D eigenvalue weighted by Crippen LogP contribution is -2.54. The van der Waals surface area contributed by atoms with Crippen LogP contribution in [0.1, 0.15) is 33.1 Å². The van der Waals surface area contributed by atoms with Crippen LogP contribution in [0.5, 0.6) is 0 Å². The smallest absolute Gasteiger partial charge is 0.306 e. The highest BCUT2D eigenvalue weighted by Gasteiger charge is 2.38. The fraction of sp³-hybridized carbons (Fsp3) is 0.500. The molecule has 1 N–H and O–H groups in total. The second-order valence-electron chi connectivity index (χ2n) is 6.37. The Bertz CT molecular complexity index is 657. The Labute approximate surface area is 147 Å². The highest BCUT2D eigenvalue weighted by molar-refractivity contribution is 6.07. The monoisotopic (exact) mass is 348 g/mol. The van der Waals surface area contributed by atoms with Gasteiger partial charge in [-0.05, 0) is 32.4 Å². The molecule has 1 heterocycles. The van der Waals surface area contributed by atoms with Gasteiger partial charge in [-0.15, -0.1) is 0 Å². The Morgan fingerprint density at radius 2 is 1.84 bits per heavy atom. The first-order chi connectivity index (χ1) is 11.8. The van der Waals surface area contributed by atoms with E-state index in [0.29, 0.717) is 13.0 Å². The van der Waals surface area contributed by atoms with Crippen LogP contribution in [0, 0.1) is 0 Å². The van der Waals surface area contributed by atoms with Crippen molar-refractivity contribution < 1.29 is 23.9 Å². The number of methoxy groups -OCH3 is 1. The number of para-hydroxylation sites is 2. The zero-order valence-corrected chi connectivity index (χ0v) is 14.8. The van der Waals surface area contributed by atoms with E-state index in [9.17, 15) is 14.4 Å². The standard InChI is InChI=1S/C18H24N2O5/c1-18(2)17(23)20(14-8-5-4-7-13(14)19-18)11-6-12-25-16(22)10-9-15(21)24-3/h4-5,7-8,19H,6,9-12H2,1-3H3. The molecule has 7 heteroatoms. The minimum atomic E-state index is -0.689. The van der Waals surface area contributed by atoms with Crippen molar-refractivity contribution in [1.82, 2.24) is 0 Å². The summed E-state index contributed by atoms with van der Waals surface area (Å²) in [6, 6.07) is 7.62. The number of fused-ring (bicyclic) bond motifs is 1. The summed E-state index contributed by atoms with van der Waals surface area (Å²) in [7, 11) is 1.28. The molecule has 0 fully saturated rings. The van der Waals surface area contributed by atoms with Crippen molar-refractivity contribution >= 4 is 29.2 Å². The number of benzene rings is 1. The van der Waals surface area contributed by atoms with Gasteiger partial charge in [0.1, 0.15) is 5.54 Å². The lowest BCUT2D eigenvalue weighted by molar-refractivity contribution is -0.149. The van der Waals surface area contributed by atoms with Crippen molar-refractivity contribution in [3.05, 3.63) is 24.3 Å². The number of hydrogen-bond donors (Lipinski definition) is 1. The zero-order valence-electron chi connectivity index (χ0n) is 14.8. The molecular formula is C18H24N2O5. The molecule has 1 aromatic rings. The van der Waals surface area contributed by atoms with Gasteiger partial charge in [-0.1, -0.05) is 12.1 Å². The van der Waals surface area contributed by atoms with Gasteiger partial charge in [0.25, 0.3) is 5.91 Å². The number of carbonyl (C=O) groups excluding carboxylic acids is 3.